The average Bonchev–Trinajstić information content (AvgIpc) is 2.14. The molecule has 2 atom stereocenters. The summed E-state index contributed by atoms with van der Waals surface area (Å²) in [5.41, 5.74) is -1.79. The molecule has 0 saturated carbocycles. The molecule has 0 aromatic carbocycles. The molecule has 0 aliphatic rings. The van der Waals surface area contributed by atoms with Crippen LogP contribution in [-0.2, 0) is 9.59 Å². The van der Waals surface area contributed by atoms with Crippen molar-refractivity contribution in [3.8, 4) is 0 Å². The predicted octanol–water partition coefficient (Wildman–Crippen LogP) is -0.864. The zero-order valence-electron chi connectivity index (χ0n) is 10.1. The molecule has 16 heavy (non-hydrogen) atoms. The largest absolute Gasteiger partial charge is 0.479 e. The van der Waals surface area contributed by atoms with Crippen LogP contribution in [0.25, 0.3) is 0 Å². The monoisotopic (exact) mass is 232 g/mol. The highest BCUT2D eigenvalue weighted by molar-refractivity contribution is 5.78. The second kappa shape index (κ2) is 5.81. The Morgan fingerprint density at radius 1 is 1.50 bits per heavy atom. The molecule has 0 bridgehead atoms. The molecule has 94 valence electrons. The van der Waals surface area contributed by atoms with E-state index in [1.54, 1.807) is 25.9 Å². The molecule has 0 aliphatic heterocycles. The maximum Gasteiger partial charge on any atom is 0.336 e. The van der Waals surface area contributed by atoms with Crippen LogP contribution in [0.1, 0.15) is 13.8 Å². The second-order valence-corrected chi connectivity index (χ2v) is 4.29. The second-order valence-electron chi connectivity index (χ2n) is 4.29. The van der Waals surface area contributed by atoms with E-state index in [2.05, 4.69) is 5.32 Å². The number of aliphatic hydroxyl groups is 1. The number of hydrogen-bond acceptors (Lipinski definition) is 4. The van der Waals surface area contributed by atoms with Crippen molar-refractivity contribution >= 4 is 11.9 Å². The van der Waals surface area contributed by atoms with Gasteiger partial charge in [-0.25, -0.2) is 4.79 Å². The van der Waals surface area contributed by atoms with Gasteiger partial charge >= 0.3 is 5.97 Å². The molecule has 0 aromatic rings. The first-order valence-electron chi connectivity index (χ1n) is 5.06. The van der Waals surface area contributed by atoms with Gasteiger partial charge in [0.1, 0.15) is 0 Å². The molecule has 0 aromatic heterocycles. The molecular weight excluding hydrogens is 212 g/mol. The molecule has 2 unspecified atom stereocenters. The van der Waals surface area contributed by atoms with Crippen LogP contribution in [0.2, 0.25) is 0 Å². The van der Waals surface area contributed by atoms with E-state index in [1.165, 1.54) is 6.92 Å². The maximum absolute atomic E-state index is 11.2. The van der Waals surface area contributed by atoms with Crippen molar-refractivity contribution < 1.29 is 19.8 Å². The molecule has 3 N–H and O–H groups in total. The lowest BCUT2D eigenvalue weighted by Gasteiger charge is -2.27. The Hall–Kier alpha value is -1.14. The number of carbonyl (C=O) groups excluding carboxylic acids is 1. The molecule has 6 heteroatoms. The fourth-order valence-corrected chi connectivity index (χ4v) is 1.45. The Kier molecular flexibility index (Phi) is 5.40. The summed E-state index contributed by atoms with van der Waals surface area (Å²) in [4.78, 5) is 23.5. The van der Waals surface area contributed by atoms with Crippen LogP contribution in [0.3, 0.4) is 0 Å². The Bertz CT molecular complexity index is 266. The van der Waals surface area contributed by atoms with Crippen molar-refractivity contribution in [2.24, 2.45) is 5.92 Å². The summed E-state index contributed by atoms with van der Waals surface area (Å²) >= 11 is 0. The Labute approximate surface area is 95.2 Å². The van der Waals surface area contributed by atoms with Gasteiger partial charge in [-0.3, -0.25) is 4.79 Å². The van der Waals surface area contributed by atoms with Crippen LogP contribution in [0, 0.1) is 5.92 Å². The zero-order valence-corrected chi connectivity index (χ0v) is 10.1. The molecule has 0 heterocycles. The van der Waals surface area contributed by atoms with Gasteiger partial charge in [0.2, 0.25) is 5.91 Å². The Morgan fingerprint density at radius 2 is 2.00 bits per heavy atom. The number of nitrogens with one attached hydrogen (secondary N) is 1. The fourth-order valence-electron chi connectivity index (χ4n) is 1.45. The molecule has 1 amide bonds. The van der Waals surface area contributed by atoms with Crippen LogP contribution in [0.15, 0.2) is 0 Å². The summed E-state index contributed by atoms with van der Waals surface area (Å²) < 4.78 is 0. The first kappa shape index (κ1) is 14.9. The third kappa shape index (κ3) is 4.59. The van der Waals surface area contributed by atoms with Gasteiger partial charge in [0.25, 0.3) is 0 Å². The van der Waals surface area contributed by atoms with E-state index in [9.17, 15) is 14.7 Å². The number of aliphatic carboxylic acids is 1. The molecule has 0 rings (SSSR count). The normalized spacial score (nSPS) is 16.6. The van der Waals surface area contributed by atoms with Gasteiger partial charge in [-0.1, -0.05) is 6.92 Å². The van der Waals surface area contributed by atoms with E-state index in [1.807, 2.05) is 0 Å². The summed E-state index contributed by atoms with van der Waals surface area (Å²) in [5, 5.41) is 20.8. The molecule has 0 aliphatic carbocycles. The molecular formula is C10H20N2O4. The summed E-state index contributed by atoms with van der Waals surface area (Å²) in [6, 6.07) is 0. The van der Waals surface area contributed by atoms with Crippen LogP contribution in [-0.4, -0.2) is 59.8 Å². The topological polar surface area (TPSA) is 89.9 Å². The van der Waals surface area contributed by atoms with Gasteiger partial charge in [0, 0.05) is 26.1 Å². The van der Waals surface area contributed by atoms with E-state index in [-0.39, 0.29) is 18.4 Å². The molecule has 0 saturated heterocycles. The number of likely N-dealkylation sites (N-methyl/N-ethyl adjacent to an activating group) is 1. The number of rotatable bonds is 6. The fraction of sp³-hybridized carbons (Fsp3) is 0.800. The number of carboxylic acid groups (broad SMARTS) is 1. The van der Waals surface area contributed by atoms with Crippen molar-refractivity contribution in [2.45, 2.75) is 19.4 Å². The van der Waals surface area contributed by atoms with Crippen LogP contribution >= 0.6 is 0 Å². The standard InChI is InChI=1S/C10H20N2O4/c1-7(8(13)11-3)5-12(4)6-10(2,16)9(14)15/h7,16H,5-6H2,1-4H3,(H,11,13)(H,14,15). The van der Waals surface area contributed by atoms with Crippen molar-refractivity contribution in [3.63, 3.8) is 0 Å². The van der Waals surface area contributed by atoms with Gasteiger partial charge in [-0.2, -0.15) is 0 Å². The van der Waals surface area contributed by atoms with Crippen molar-refractivity contribution in [1.82, 2.24) is 10.2 Å². The summed E-state index contributed by atoms with van der Waals surface area (Å²) in [7, 11) is 3.21. The average molecular weight is 232 g/mol. The van der Waals surface area contributed by atoms with Crippen LogP contribution in [0.4, 0.5) is 0 Å². The summed E-state index contributed by atoms with van der Waals surface area (Å²) in [6.07, 6.45) is 0. The lowest BCUT2D eigenvalue weighted by atomic mass is 10.1. The van der Waals surface area contributed by atoms with Crippen LogP contribution < -0.4 is 5.32 Å². The van der Waals surface area contributed by atoms with E-state index in [4.69, 9.17) is 5.11 Å². The lowest BCUT2D eigenvalue weighted by molar-refractivity contribution is -0.158. The lowest BCUT2D eigenvalue weighted by Crippen LogP contribution is -2.47. The Morgan fingerprint density at radius 3 is 2.38 bits per heavy atom. The minimum absolute atomic E-state index is 0.0241. The predicted molar refractivity (Wildman–Crippen MR) is 59.0 cm³/mol. The number of amides is 1. The minimum Gasteiger partial charge on any atom is -0.479 e. The molecule has 6 nitrogen and oxygen atoms in total. The molecule has 0 spiro atoms. The maximum atomic E-state index is 11.2. The SMILES string of the molecule is CNC(=O)C(C)CN(C)CC(C)(O)C(=O)O. The van der Waals surface area contributed by atoms with E-state index >= 15 is 0 Å². The van der Waals surface area contributed by atoms with Crippen LogP contribution in [0.5, 0.6) is 0 Å². The van der Waals surface area contributed by atoms with Gasteiger partial charge < -0.3 is 20.4 Å². The smallest absolute Gasteiger partial charge is 0.336 e. The van der Waals surface area contributed by atoms with Gasteiger partial charge in [-0.15, -0.1) is 0 Å². The highest BCUT2D eigenvalue weighted by Gasteiger charge is 2.31. The van der Waals surface area contributed by atoms with Gasteiger partial charge in [0.05, 0.1) is 0 Å². The number of carboxylic acids is 1. The quantitative estimate of drug-likeness (QED) is 0.554. The van der Waals surface area contributed by atoms with Crippen molar-refractivity contribution in [3.05, 3.63) is 0 Å². The number of carbonyl (C=O) groups is 2. The van der Waals surface area contributed by atoms with Crippen molar-refractivity contribution in [2.75, 3.05) is 27.2 Å². The summed E-state index contributed by atoms with van der Waals surface area (Å²) in [5.74, 6) is -1.63. The highest BCUT2D eigenvalue weighted by Crippen LogP contribution is 2.07. The third-order valence-corrected chi connectivity index (χ3v) is 2.32. The Balaban J connectivity index is 4.23. The molecule has 0 radical (unpaired) electrons. The van der Waals surface area contributed by atoms with E-state index in [0.29, 0.717) is 6.54 Å². The van der Waals surface area contributed by atoms with E-state index < -0.39 is 11.6 Å². The first-order valence-corrected chi connectivity index (χ1v) is 5.06. The minimum atomic E-state index is -1.79. The number of hydrogen-bond donors (Lipinski definition) is 3. The first-order chi connectivity index (χ1) is 7.20. The van der Waals surface area contributed by atoms with Crippen molar-refractivity contribution in [1.29, 1.82) is 0 Å². The van der Waals surface area contributed by atoms with Gasteiger partial charge in [0.15, 0.2) is 5.60 Å². The molecule has 0 fully saturated rings. The van der Waals surface area contributed by atoms with E-state index in [0.717, 1.165) is 0 Å². The number of nitrogens with zero attached hydrogens (tertiary/aromatic N) is 1. The third-order valence-electron chi connectivity index (χ3n) is 2.32. The van der Waals surface area contributed by atoms with Gasteiger partial charge in [-0.05, 0) is 14.0 Å². The summed E-state index contributed by atoms with van der Waals surface area (Å²) in [6.45, 7) is 3.34. The zero-order chi connectivity index (χ0) is 12.9. The highest BCUT2D eigenvalue weighted by atomic mass is 16.4.